The third kappa shape index (κ3) is 3.01. The van der Waals surface area contributed by atoms with Crippen molar-refractivity contribution in [2.24, 2.45) is 5.73 Å². The number of nitrogens with zero attached hydrogens (tertiary/aromatic N) is 3. The van der Waals surface area contributed by atoms with Crippen LogP contribution in [0.25, 0.3) is 11.4 Å². The predicted octanol–water partition coefficient (Wildman–Crippen LogP) is 4.40. The Hall–Kier alpha value is -2.35. The lowest BCUT2D eigenvalue weighted by atomic mass is 9.99. The summed E-state index contributed by atoms with van der Waals surface area (Å²) < 4.78 is 1.70. The Morgan fingerprint density at radius 2 is 2.04 bits per heavy atom. The number of benzene rings is 1. The topological polar surface area (TPSA) is 85.8 Å². The molecule has 0 fully saturated rings. The summed E-state index contributed by atoms with van der Waals surface area (Å²) in [6, 6.07) is 6.79. The summed E-state index contributed by atoms with van der Waals surface area (Å²) in [6.45, 7) is 3.81. The van der Waals surface area contributed by atoms with Gasteiger partial charge < -0.3 is 11.1 Å². The Kier molecular flexibility index (Phi) is 4.46. The van der Waals surface area contributed by atoms with Gasteiger partial charge in [0.1, 0.15) is 6.04 Å². The highest BCUT2D eigenvalue weighted by Gasteiger charge is 2.34. The van der Waals surface area contributed by atoms with Gasteiger partial charge in [-0.2, -0.15) is 4.98 Å². The first-order valence-electron chi connectivity index (χ1n) is 8.10. The second kappa shape index (κ2) is 6.67. The van der Waals surface area contributed by atoms with Crippen molar-refractivity contribution in [3.8, 4) is 11.4 Å². The third-order valence-electron chi connectivity index (χ3n) is 4.45. The first kappa shape index (κ1) is 18.0. The minimum atomic E-state index is -0.491. The van der Waals surface area contributed by atoms with Gasteiger partial charge in [-0.15, -0.1) is 16.4 Å². The highest BCUT2D eigenvalue weighted by molar-refractivity contribution is 7.10. The van der Waals surface area contributed by atoms with Crippen LogP contribution < -0.4 is 11.1 Å². The van der Waals surface area contributed by atoms with Gasteiger partial charge >= 0.3 is 0 Å². The molecular weight excluding hydrogens is 405 g/mol. The van der Waals surface area contributed by atoms with Gasteiger partial charge in [0.2, 0.25) is 11.9 Å². The number of halogens is 2. The molecule has 3 N–H and O–H groups in total. The number of fused-ring (bicyclic) bond motifs is 1. The van der Waals surface area contributed by atoms with Gasteiger partial charge in [0.05, 0.1) is 15.6 Å². The lowest BCUT2D eigenvalue weighted by molar-refractivity contribution is -0.115. The predicted molar refractivity (Wildman–Crippen MR) is 108 cm³/mol. The number of hydrogen-bond donors (Lipinski definition) is 2. The molecule has 1 atom stereocenters. The molecule has 3 aromatic rings. The molecule has 27 heavy (non-hydrogen) atoms. The van der Waals surface area contributed by atoms with Crippen LogP contribution in [0.1, 0.15) is 23.4 Å². The summed E-state index contributed by atoms with van der Waals surface area (Å²) in [5, 5.41) is 10.6. The first-order chi connectivity index (χ1) is 12.9. The Balaban J connectivity index is 1.89. The SMILES string of the molecule is CC1=C(C(N)=O)C(c2sccc2C)n2nc(-c3ccc(Cl)c(Cl)c3)nc2N1. The lowest BCUT2D eigenvalue weighted by Crippen LogP contribution is -2.31. The highest BCUT2D eigenvalue weighted by atomic mass is 35.5. The smallest absolute Gasteiger partial charge is 0.248 e. The van der Waals surface area contributed by atoms with Crippen LogP contribution in [0.3, 0.4) is 0 Å². The fourth-order valence-corrected chi connectivity index (χ4v) is 4.45. The average molecular weight is 420 g/mol. The average Bonchev–Trinajstić information content (AvgIpc) is 3.21. The highest BCUT2D eigenvalue weighted by Crippen LogP contribution is 2.39. The van der Waals surface area contributed by atoms with Gasteiger partial charge in [-0.1, -0.05) is 23.2 Å². The molecule has 1 unspecified atom stereocenters. The molecule has 0 bridgehead atoms. The van der Waals surface area contributed by atoms with E-state index in [1.165, 1.54) is 0 Å². The van der Waals surface area contributed by atoms with E-state index < -0.39 is 11.9 Å². The van der Waals surface area contributed by atoms with E-state index in [-0.39, 0.29) is 0 Å². The maximum Gasteiger partial charge on any atom is 0.248 e. The number of hydrogen-bond acceptors (Lipinski definition) is 5. The molecule has 0 saturated carbocycles. The quantitative estimate of drug-likeness (QED) is 0.658. The maximum absolute atomic E-state index is 12.2. The molecule has 1 amide bonds. The minimum Gasteiger partial charge on any atom is -0.366 e. The molecule has 2 aromatic heterocycles. The normalized spacial score (nSPS) is 16.2. The van der Waals surface area contributed by atoms with Gasteiger partial charge in [-0.3, -0.25) is 4.79 Å². The molecule has 138 valence electrons. The number of aryl methyl sites for hydroxylation is 1. The molecule has 0 radical (unpaired) electrons. The number of amides is 1. The Morgan fingerprint density at radius 3 is 2.67 bits per heavy atom. The molecule has 9 heteroatoms. The van der Waals surface area contributed by atoms with Crippen LogP contribution in [-0.4, -0.2) is 20.7 Å². The molecule has 1 aliphatic heterocycles. The summed E-state index contributed by atoms with van der Waals surface area (Å²) in [4.78, 5) is 17.8. The van der Waals surface area contributed by atoms with Crippen LogP contribution in [0.4, 0.5) is 5.95 Å². The van der Waals surface area contributed by atoms with Crippen LogP contribution in [-0.2, 0) is 4.79 Å². The molecule has 4 rings (SSSR count). The molecule has 1 aliphatic rings. The minimum absolute atomic E-state index is 0.424. The summed E-state index contributed by atoms with van der Waals surface area (Å²) in [6.07, 6.45) is 0. The maximum atomic E-state index is 12.2. The Bertz CT molecular complexity index is 1100. The number of thiophene rings is 1. The van der Waals surface area contributed by atoms with E-state index in [1.54, 1.807) is 34.2 Å². The van der Waals surface area contributed by atoms with Gasteiger partial charge in [0.15, 0.2) is 5.82 Å². The van der Waals surface area contributed by atoms with Gasteiger partial charge in [0.25, 0.3) is 0 Å². The van der Waals surface area contributed by atoms with Crippen molar-refractivity contribution < 1.29 is 4.79 Å². The van der Waals surface area contributed by atoms with E-state index in [9.17, 15) is 4.79 Å². The zero-order valence-corrected chi connectivity index (χ0v) is 16.8. The standard InChI is InChI=1S/C18H15Cl2N5OS/c1-8-5-6-27-15(8)14-13(16(21)26)9(2)22-18-23-17(24-25(14)18)10-3-4-11(19)12(20)7-10/h3-7,14H,1-2H3,(H2,21,26)(H,22,23,24). The van der Waals surface area contributed by atoms with Crippen LogP contribution in [0, 0.1) is 6.92 Å². The fourth-order valence-electron chi connectivity index (χ4n) is 3.13. The van der Waals surface area contributed by atoms with Crippen LogP contribution in [0.2, 0.25) is 10.0 Å². The van der Waals surface area contributed by atoms with E-state index >= 15 is 0 Å². The van der Waals surface area contributed by atoms with E-state index in [2.05, 4.69) is 15.4 Å². The first-order valence-corrected chi connectivity index (χ1v) is 9.74. The largest absolute Gasteiger partial charge is 0.366 e. The summed E-state index contributed by atoms with van der Waals surface area (Å²) in [5.41, 5.74) is 8.62. The Morgan fingerprint density at radius 1 is 1.26 bits per heavy atom. The molecule has 0 saturated heterocycles. The number of rotatable bonds is 3. The van der Waals surface area contributed by atoms with Gasteiger partial charge in [-0.05, 0) is 49.1 Å². The van der Waals surface area contributed by atoms with Crippen LogP contribution in [0.15, 0.2) is 40.9 Å². The van der Waals surface area contributed by atoms with Gasteiger partial charge in [0, 0.05) is 16.1 Å². The molecule has 0 spiro atoms. The van der Waals surface area contributed by atoms with Crippen molar-refractivity contribution in [1.82, 2.24) is 14.8 Å². The summed E-state index contributed by atoms with van der Waals surface area (Å²) in [5.74, 6) is 0.528. The lowest BCUT2D eigenvalue weighted by Gasteiger charge is -2.27. The molecule has 6 nitrogen and oxygen atoms in total. The number of carbonyl (C=O) groups is 1. The van der Waals surface area contributed by atoms with Crippen molar-refractivity contribution in [3.63, 3.8) is 0 Å². The zero-order chi connectivity index (χ0) is 19.3. The van der Waals surface area contributed by atoms with Crippen molar-refractivity contribution in [2.45, 2.75) is 19.9 Å². The number of anilines is 1. The number of allylic oxidation sites excluding steroid dienone is 1. The summed E-state index contributed by atoms with van der Waals surface area (Å²) in [7, 11) is 0. The molecule has 0 aliphatic carbocycles. The number of primary amides is 1. The second-order valence-corrected chi connectivity index (χ2v) is 7.99. The van der Waals surface area contributed by atoms with Crippen molar-refractivity contribution in [1.29, 1.82) is 0 Å². The Labute approximate surface area is 169 Å². The third-order valence-corrected chi connectivity index (χ3v) is 6.26. The van der Waals surface area contributed by atoms with E-state index in [0.717, 1.165) is 16.0 Å². The van der Waals surface area contributed by atoms with E-state index in [1.807, 2.05) is 25.3 Å². The van der Waals surface area contributed by atoms with Gasteiger partial charge in [-0.25, -0.2) is 4.68 Å². The van der Waals surface area contributed by atoms with Crippen LogP contribution in [0.5, 0.6) is 0 Å². The number of carbonyl (C=O) groups excluding carboxylic acids is 1. The van der Waals surface area contributed by atoms with E-state index in [4.69, 9.17) is 28.9 Å². The monoisotopic (exact) mass is 419 g/mol. The zero-order valence-electron chi connectivity index (χ0n) is 14.5. The number of nitrogens with two attached hydrogens (primary N) is 1. The van der Waals surface area contributed by atoms with Crippen LogP contribution >= 0.6 is 34.5 Å². The second-order valence-electron chi connectivity index (χ2n) is 6.23. The fraction of sp³-hybridized carbons (Fsp3) is 0.167. The molecular formula is C18H15Cl2N5OS. The number of nitrogens with one attached hydrogen (secondary N) is 1. The summed E-state index contributed by atoms with van der Waals surface area (Å²) >= 11 is 13.7. The van der Waals surface area contributed by atoms with Crippen molar-refractivity contribution >= 4 is 46.4 Å². The van der Waals surface area contributed by atoms with Crippen molar-refractivity contribution in [3.05, 3.63) is 61.4 Å². The molecule has 1 aromatic carbocycles. The van der Waals surface area contributed by atoms with E-state index in [0.29, 0.717) is 33.1 Å². The van der Waals surface area contributed by atoms with Crippen molar-refractivity contribution in [2.75, 3.05) is 5.32 Å². The number of aromatic nitrogens is 3. The molecule has 3 heterocycles.